The Morgan fingerprint density at radius 3 is 2.24 bits per heavy atom. The van der Waals surface area contributed by atoms with Gasteiger partial charge in [0.2, 0.25) is 8.32 Å². The summed E-state index contributed by atoms with van der Waals surface area (Å²) in [7, 11) is -0.00232. The molecule has 0 aliphatic heterocycles. The fourth-order valence-corrected chi connectivity index (χ4v) is 3.21. The van der Waals surface area contributed by atoms with Gasteiger partial charge in [-0.15, -0.1) is 0 Å². The molecule has 1 aromatic rings. The molecule has 0 saturated carbocycles. The molecule has 0 heterocycles. The van der Waals surface area contributed by atoms with Crippen molar-refractivity contribution in [3.63, 3.8) is 0 Å². The van der Waals surface area contributed by atoms with Crippen molar-refractivity contribution in [1.29, 1.82) is 0 Å². The van der Waals surface area contributed by atoms with Crippen molar-refractivity contribution < 1.29 is 9.16 Å². The van der Waals surface area contributed by atoms with E-state index >= 15 is 0 Å². The number of methoxy groups -OCH3 is 1. The van der Waals surface area contributed by atoms with Gasteiger partial charge < -0.3 is 9.16 Å². The molecule has 0 atom stereocenters. The molecule has 0 aliphatic rings. The molecule has 4 heteroatoms. The molecule has 0 amide bonds. The molecule has 0 aliphatic carbocycles. The molecule has 2 nitrogen and oxygen atoms in total. The van der Waals surface area contributed by atoms with Crippen LogP contribution in [-0.2, 0) is 15.6 Å². The van der Waals surface area contributed by atoms with E-state index in [1.165, 1.54) is 10.5 Å². The van der Waals surface area contributed by atoms with E-state index in [0.717, 1.165) is 11.3 Å². The van der Waals surface area contributed by atoms with Crippen LogP contribution in [0.4, 0.5) is 0 Å². The second-order valence-corrected chi connectivity index (χ2v) is 11.2. The molecule has 0 spiro atoms. The minimum atomic E-state index is -1.66. The molecular formula is C17H26O2SSi. The van der Waals surface area contributed by atoms with Crippen LogP contribution >= 0.6 is 11.8 Å². The fourth-order valence-electron chi connectivity index (χ4n) is 1.65. The van der Waals surface area contributed by atoms with Crippen LogP contribution in [0.3, 0.4) is 0 Å². The second kappa shape index (κ2) is 8.34. The van der Waals surface area contributed by atoms with Crippen LogP contribution in [0.2, 0.25) is 19.6 Å². The Balaban J connectivity index is 2.82. The largest absolute Gasteiger partial charge is 0.520 e. The molecule has 0 radical (unpaired) electrons. The molecule has 0 N–H and O–H groups in total. The van der Waals surface area contributed by atoms with Crippen molar-refractivity contribution in [3.05, 3.63) is 52.8 Å². The Kier molecular flexibility index (Phi) is 7.12. The van der Waals surface area contributed by atoms with Crippen LogP contribution < -0.4 is 0 Å². The summed E-state index contributed by atoms with van der Waals surface area (Å²) in [6.07, 6.45) is 5.11. The number of aryl methyl sites for hydroxylation is 1. The van der Waals surface area contributed by atoms with E-state index in [4.69, 9.17) is 9.16 Å². The van der Waals surface area contributed by atoms with Crippen LogP contribution in [0.15, 0.2) is 52.2 Å². The number of rotatable bonds is 7. The smallest absolute Gasteiger partial charge is 0.266 e. The van der Waals surface area contributed by atoms with E-state index < -0.39 is 8.32 Å². The van der Waals surface area contributed by atoms with Crippen LogP contribution in [0.5, 0.6) is 0 Å². The summed E-state index contributed by atoms with van der Waals surface area (Å²) in [6, 6.07) is 8.67. The van der Waals surface area contributed by atoms with Gasteiger partial charge in [0, 0.05) is 15.9 Å². The lowest BCUT2D eigenvalue weighted by Crippen LogP contribution is -2.25. The number of thioether (sulfide) groups is 1. The third kappa shape index (κ3) is 6.91. The molecule has 116 valence electrons. The van der Waals surface area contributed by atoms with Gasteiger partial charge >= 0.3 is 0 Å². The molecular weight excluding hydrogens is 296 g/mol. The normalized spacial score (nSPS) is 13.2. The van der Waals surface area contributed by atoms with Gasteiger partial charge in [-0.25, -0.2) is 0 Å². The van der Waals surface area contributed by atoms with Gasteiger partial charge in [-0.3, -0.25) is 0 Å². The minimum Gasteiger partial charge on any atom is -0.520 e. The molecule has 0 saturated heterocycles. The molecule has 0 fully saturated rings. The van der Waals surface area contributed by atoms with Gasteiger partial charge in [-0.1, -0.05) is 36.9 Å². The minimum absolute atomic E-state index is 0.597. The fraction of sp³-hybridized carbons (Fsp3) is 0.412. The summed E-state index contributed by atoms with van der Waals surface area (Å²) in [5, 5.41) is 0. The highest BCUT2D eigenvalue weighted by molar-refractivity contribution is 8.03. The number of allylic oxidation sites excluding steroid dienone is 2. The third-order valence-electron chi connectivity index (χ3n) is 2.72. The van der Waals surface area contributed by atoms with E-state index in [2.05, 4.69) is 56.9 Å². The average molecular weight is 323 g/mol. The third-order valence-corrected chi connectivity index (χ3v) is 4.63. The number of ether oxygens (including phenoxy) is 1. The monoisotopic (exact) mass is 322 g/mol. The zero-order valence-corrected chi connectivity index (χ0v) is 15.7. The number of benzene rings is 1. The van der Waals surface area contributed by atoms with Gasteiger partial charge in [-0.2, -0.15) is 0 Å². The lowest BCUT2D eigenvalue weighted by atomic mass is 10.2. The lowest BCUT2D eigenvalue weighted by Gasteiger charge is -2.20. The summed E-state index contributed by atoms with van der Waals surface area (Å²) >= 11 is 1.72. The van der Waals surface area contributed by atoms with Gasteiger partial charge in [0.05, 0.1) is 7.11 Å². The Bertz CT molecular complexity index is 499. The summed E-state index contributed by atoms with van der Waals surface area (Å²) < 4.78 is 11.3. The van der Waals surface area contributed by atoms with Gasteiger partial charge in [0.25, 0.3) is 5.95 Å². The Morgan fingerprint density at radius 1 is 1.19 bits per heavy atom. The maximum Gasteiger partial charge on any atom is 0.266 e. The number of hydrogen-bond acceptors (Lipinski definition) is 3. The van der Waals surface area contributed by atoms with E-state index in [1.54, 1.807) is 18.9 Å². The van der Waals surface area contributed by atoms with Gasteiger partial charge in [0.1, 0.15) is 0 Å². The van der Waals surface area contributed by atoms with Crippen LogP contribution in [0, 0.1) is 0 Å². The Hall–Kier alpha value is -1.13. The van der Waals surface area contributed by atoms with Crippen molar-refractivity contribution >= 4 is 20.1 Å². The molecule has 0 bridgehead atoms. The first kappa shape index (κ1) is 17.9. The molecule has 0 aromatic heterocycles. The summed E-state index contributed by atoms with van der Waals surface area (Å²) in [6.45, 7) is 10.6. The van der Waals surface area contributed by atoms with Crippen molar-refractivity contribution in [2.45, 2.75) is 44.8 Å². The second-order valence-electron chi connectivity index (χ2n) is 5.67. The summed E-state index contributed by atoms with van der Waals surface area (Å²) in [5.41, 5.74) is 1.36. The van der Waals surface area contributed by atoms with Gasteiger partial charge in [-0.05, 0) is 50.7 Å². The van der Waals surface area contributed by atoms with Crippen molar-refractivity contribution in [2.75, 3.05) is 7.11 Å². The van der Waals surface area contributed by atoms with E-state index in [1.807, 2.05) is 13.0 Å². The lowest BCUT2D eigenvalue weighted by molar-refractivity contribution is 0.147. The standard InChI is InChI=1S/C17H26O2SSi/c1-7-14-9-11-16(12-10-14)20-15(8-2)13-17(18-3)19-21(4,5)6/h8-13H,7H2,1-6H3/b15-8+,17-13+. The quantitative estimate of drug-likeness (QED) is 0.282. The average Bonchev–Trinajstić information content (AvgIpc) is 2.45. The first-order valence-corrected chi connectivity index (χ1v) is 11.5. The SMILES string of the molecule is C/C=C(\C=C(/OC)O[Si](C)(C)C)Sc1ccc(CC)cc1. The van der Waals surface area contributed by atoms with Crippen molar-refractivity contribution in [2.24, 2.45) is 0 Å². The first-order chi connectivity index (χ1) is 9.87. The maximum absolute atomic E-state index is 5.92. The highest BCUT2D eigenvalue weighted by Gasteiger charge is 2.18. The first-order valence-electron chi connectivity index (χ1n) is 7.25. The molecule has 1 rings (SSSR count). The van der Waals surface area contributed by atoms with Crippen molar-refractivity contribution in [3.8, 4) is 0 Å². The van der Waals surface area contributed by atoms with Crippen LogP contribution in [0.25, 0.3) is 0 Å². The Labute approximate surface area is 134 Å². The predicted molar refractivity (Wildman–Crippen MR) is 95.0 cm³/mol. The topological polar surface area (TPSA) is 18.5 Å². The maximum atomic E-state index is 5.92. The zero-order chi connectivity index (χ0) is 15.9. The van der Waals surface area contributed by atoms with Crippen LogP contribution in [-0.4, -0.2) is 15.4 Å². The van der Waals surface area contributed by atoms with Gasteiger partial charge in [0.15, 0.2) is 0 Å². The zero-order valence-electron chi connectivity index (χ0n) is 13.9. The van der Waals surface area contributed by atoms with Crippen LogP contribution in [0.1, 0.15) is 19.4 Å². The summed E-state index contributed by atoms with van der Waals surface area (Å²) in [4.78, 5) is 2.34. The summed E-state index contributed by atoms with van der Waals surface area (Å²) in [5.74, 6) is 0.597. The molecule has 1 aromatic carbocycles. The van der Waals surface area contributed by atoms with Crippen molar-refractivity contribution in [1.82, 2.24) is 0 Å². The predicted octanol–water partition coefficient (Wildman–Crippen LogP) is 5.58. The van der Waals surface area contributed by atoms with E-state index in [-0.39, 0.29) is 0 Å². The Morgan fingerprint density at radius 2 is 1.81 bits per heavy atom. The molecule has 21 heavy (non-hydrogen) atoms. The number of hydrogen-bond donors (Lipinski definition) is 0. The molecule has 0 unspecified atom stereocenters. The van der Waals surface area contributed by atoms with E-state index in [9.17, 15) is 0 Å². The highest BCUT2D eigenvalue weighted by Crippen LogP contribution is 2.29. The highest BCUT2D eigenvalue weighted by atomic mass is 32.2. The van der Waals surface area contributed by atoms with E-state index in [0.29, 0.717) is 5.95 Å².